The maximum Gasteiger partial charge on any atom is 0.253 e. The van der Waals surface area contributed by atoms with E-state index in [4.69, 9.17) is 4.52 Å². The van der Waals surface area contributed by atoms with Gasteiger partial charge >= 0.3 is 0 Å². The Labute approximate surface area is 161 Å². The number of hydrogen-bond donors (Lipinski definition) is 0. The number of benzene rings is 2. The molecule has 0 spiro atoms. The van der Waals surface area contributed by atoms with Crippen LogP contribution in [0.1, 0.15) is 51.2 Å². The van der Waals surface area contributed by atoms with E-state index < -0.39 is 11.6 Å². The molecule has 1 atom stereocenters. The van der Waals surface area contributed by atoms with Crippen LogP contribution >= 0.6 is 0 Å². The molecule has 2 heterocycles. The fourth-order valence-electron chi connectivity index (χ4n) is 3.35. The van der Waals surface area contributed by atoms with Gasteiger partial charge in [-0.2, -0.15) is 4.98 Å². The molecule has 2 aromatic carbocycles. The lowest BCUT2D eigenvalue weighted by Crippen LogP contribution is -2.39. The number of aromatic nitrogens is 2. The Kier molecular flexibility index (Phi) is 4.97. The molecule has 6 nitrogen and oxygen atoms in total. The van der Waals surface area contributed by atoms with Crippen molar-refractivity contribution in [1.29, 1.82) is 0 Å². The molecule has 1 aliphatic rings. The van der Waals surface area contributed by atoms with Gasteiger partial charge in [0.25, 0.3) is 5.91 Å². The lowest BCUT2D eigenvalue weighted by Gasteiger charge is -2.31. The van der Waals surface area contributed by atoms with Gasteiger partial charge in [0.1, 0.15) is 5.82 Å². The van der Waals surface area contributed by atoms with Gasteiger partial charge in [-0.3, -0.25) is 9.59 Å². The van der Waals surface area contributed by atoms with Crippen molar-refractivity contribution in [2.75, 3.05) is 13.1 Å². The molecule has 1 amide bonds. The number of likely N-dealkylation sites (tertiary alicyclic amines) is 1. The highest BCUT2D eigenvalue weighted by atomic mass is 19.1. The van der Waals surface area contributed by atoms with Crippen LogP contribution in [0.4, 0.5) is 4.39 Å². The Morgan fingerprint density at radius 3 is 2.54 bits per heavy atom. The van der Waals surface area contributed by atoms with Crippen molar-refractivity contribution in [3.8, 4) is 0 Å². The second-order valence-electron chi connectivity index (χ2n) is 6.75. The molecule has 1 aromatic heterocycles. The molecule has 1 fully saturated rings. The minimum absolute atomic E-state index is 0.0348. The molecule has 4 rings (SSSR count). The zero-order chi connectivity index (χ0) is 19.5. The van der Waals surface area contributed by atoms with Crippen molar-refractivity contribution in [2.45, 2.75) is 18.8 Å². The van der Waals surface area contributed by atoms with Crippen molar-refractivity contribution in [3.05, 3.63) is 83.3 Å². The van der Waals surface area contributed by atoms with E-state index in [1.807, 2.05) is 18.2 Å². The van der Waals surface area contributed by atoms with Crippen molar-refractivity contribution >= 4 is 11.7 Å². The van der Waals surface area contributed by atoms with E-state index >= 15 is 0 Å². The summed E-state index contributed by atoms with van der Waals surface area (Å²) in [6.07, 6.45) is 1.61. The molecular weight excluding hydrogens is 361 g/mol. The fourth-order valence-corrected chi connectivity index (χ4v) is 3.35. The lowest BCUT2D eigenvalue weighted by molar-refractivity contribution is 0.0695. The smallest absolute Gasteiger partial charge is 0.253 e. The van der Waals surface area contributed by atoms with Gasteiger partial charge in [0.2, 0.25) is 17.5 Å². The summed E-state index contributed by atoms with van der Waals surface area (Å²) in [6, 6.07) is 14.3. The largest absolute Gasteiger partial charge is 0.338 e. The van der Waals surface area contributed by atoms with Gasteiger partial charge < -0.3 is 9.42 Å². The second kappa shape index (κ2) is 7.72. The second-order valence-corrected chi connectivity index (χ2v) is 6.75. The maximum absolute atomic E-state index is 13.0. The van der Waals surface area contributed by atoms with Gasteiger partial charge in [-0.1, -0.05) is 23.4 Å². The predicted molar refractivity (Wildman–Crippen MR) is 98.5 cm³/mol. The average molecular weight is 379 g/mol. The number of ketones is 1. The predicted octanol–water partition coefficient (Wildman–Crippen LogP) is 3.46. The molecule has 0 N–H and O–H groups in total. The molecule has 0 bridgehead atoms. The van der Waals surface area contributed by atoms with Crippen LogP contribution in [0.2, 0.25) is 0 Å². The first-order valence-electron chi connectivity index (χ1n) is 9.10. The Bertz CT molecular complexity index is 986. The van der Waals surface area contributed by atoms with Crippen LogP contribution in [0.15, 0.2) is 59.1 Å². The van der Waals surface area contributed by atoms with E-state index in [-0.39, 0.29) is 17.6 Å². The summed E-state index contributed by atoms with van der Waals surface area (Å²) >= 11 is 0. The Hall–Kier alpha value is -3.35. The summed E-state index contributed by atoms with van der Waals surface area (Å²) < 4.78 is 18.3. The highest BCUT2D eigenvalue weighted by molar-refractivity contribution is 6.06. The summed E-state index contributed by atoms with van der Waals surface area (Å²) in [7, 11) is 0. The number of piperidine rings is 1. The number of amides is 1. The minimum Gasteiger partial charge on any atom is -0.338 e. The van der Waals surface area contributed by atoms with Gasteiger partial charge in [0.15, 0.2) is 0 Å². The van der Waals surface area contributed by atoms with Crippen LogP contribution in [0.25, 0.3) is 0 Å². The molecule has 28 heavy (non-hydrogen) atoms. The van der Waals surface area contributed by atoms with E-state index in [9.17, 15) is 14.0 Å². The first kappa shape index (κ1) is 18.0. The van der Waals surface area contributed by atoms with Crippen molar-refractivity contribution in [2.24, 2.45) is 0 Å². The SMILES string of the molecule is O=C(c1ccc(F)cc1)c1noc([C@H]2CCCN(C(=O)c3ccccc3)C2)n1. The van der Waals surface area contributed by atoms with Gasteiger partial charge in [0, 0.05) is 24.2 Å². The van der Waals surface area contributed by atoms with Gasteiger partial charge in [-0.05, 0) is 49.2 Å². The lowest BCUT2D eigenvalue weighted by atomic mass is 9.97. The number of nitrogens with zero attached hydrogens (tertiary/aromatic N) is 3. The van der Waals surface area contributed by atoms with E-state index in [2.05, 4.69) is 10.1 Å². The van der Waals surface area contributed by atoms with E-state index in [0.29, 0.717) is 30.1 Å². The topological polar surface area (TPSA) is 76.3 Å². The normalized spacial score (nSPS) is 16.8. The molecule has 3 aromatic rings. The van der Waals surface area contributed by atoms with Gasteiger partial charge in [-0.25, -0.2) is 4.39 Å². The Balaban J connectivity index is 1.48. The first-order valence-corrected chi connectivity index (χ1v) is 9.10. The summed E-state index contributed by atoms with van der Waals surface area (Å²) in [6.45, 7) is 1.12. The van der Waals surface area contributed by atoms with Crippen LogP contribution in [0.5, 0.6) is 0 Å². The van der Waals surface area contributed by atoms with E-state index in [0.717, 1.165) is 12.8 Å². The van der Waals surface area contributed by atoms with Gasteiger partial charge in [0.05, 0.1) is 5.92 Å². The fraction of sp³-hybridized carbons (Fsp3) is 0.238. The number of rotatable bonds is 4. The van der Waals surface area contributed by atoms with E-state index in [1.54, 1.807) is 17.0 Å². The molecule has 142 valence electrons. The molecule has 0 radical (unpaired) electrons. The molecule has 0 saturated carbocycles. The van der Waals surface area contributed by atoms with Crippen molar-refractivity contribution in [1.82, 2.24) is 15.0 Å². The monoisotopic (exact) mass is 379 g/mol. The van der Waals surface area contributed by atoms with Crippen LogP contribution in [0, 0.1) is 5.82 Å². The Morgan fingerprint density at radius 2 is 1.79 bits per heavy atom. The van der Waals surface area contributed by atoms with Gasteiger partial charge in [-0.15, -0.1) is 0 Å². The molecule has 1 aliphatic heterocycles. The standard InChI is InChI=1S/C21H18FN3O3/c22-17-10-8-14(9-11-17)18(26)19-23-20(28-24-19)16-7-4-12-25(13-16)21(27)15-5-2-1-3-6-15/h1-3,5-6,8-11,16H,4,7,12-13H2/t16-/m0/s1. The molecular formula is C21H18FN3O3. The first-order chi connectivity index (χ1) is 13.6. The summed E-state index contributed by atoms with van der Waals surface area (Å²) in [4.78, 5) is 31.1. The number of carbonyl (C=O) groups excluding carboxylic acids is 2. The highest BCUT2D eigenvalue weighted by Gasteiger charge is 2.30. The summed E-state index contributed by atoms with van der Waals surface area (Å²) in [5.74, 6) is -0.723. The van der Waals surface area contributed by atoms with Crippen LogP contribution in [0.3, 0.4) is 0 Å². The molecule has 7 heteroatoms. The third-order valence-corrected chi connectivity index (χ3v) is 4.83. The van der Waals surface area contributed by atoms with Crippen LogP contribution in [-0.4, -0.2) is 39.8 Å². The molecule has 0 aliphatic carbocycles. The third-order valence-electron chi connectivity index (χ3n) is 4.83. The molecule has 1 saturated heterocycles. The Morgan fingerprint density at radius 1 is 1.04 bits per heavy atom. The van der Waals surface area contributed by atoms with E-state index in [1.165, 1.54) is 24.3 Å². The van der Waals surface area contributed by atoms with Crippen molar-refractivity contribution < 1.29 is 18.5 Å². The zero-order valence-corrected chi connectivity index (χ0v) is 15.0. The number of halogens is 1. The van der Waals surface area contributed by atoms with Crippen molar-refractivity contribution in [3.63, 3.8) is 0 Å². The quantitative estimate of drug-likeness (QED) is 0.649. The minimum atomic E-state index is -0.428. The molecule has 0 unspecified atom stereocenters. The van der Waals surface area contributed by atoms with Crippen LogP contribution in [-0.2, 0) is 0 Å². The third kappa shape index (κ3) is 3.69. The summed E-state index contributed by atoms with van der Waals surface area (Å²) in [5.41, 5.74) is 0.930. The summed E-state index contributed by atoms with van der Waals surface area (Å²) in [5, 5.41) is 3.79. The average Bonchev–Trinajstić information content (AvgIpc) is 3.24. The zero-order valence-electron chi connectivity index (χ0n) is 15.0. The number of hydrogen-bond acceptors (Lipinski definition) is 5. The highest BCUT2D eigenvalue weighted by Crippen LogP contribution is 2.27. The van der Waals surface area contributed by atoms with Crippen LogP contribution < -0.4 is 0 Å². The maximum atomic E-state index is 13.0. The number of carbonyl (C=O) groups is 2.